The highest BCUT2D eigenvalue weighted by molar-refractivity contribution is 14.1. The number of rotatable bonds is 8. The van der Waals surface area contributed by atoms with Crippen LogP contribution >= 0.6 is 67.8 Å². The van der Waals surface area contributed by atoms with Gasteiger partial charge in [-0.05, 0) is 67.8 Å². The van der Waals surface area contributed by atoms with Gasteiger partial charge in [0.05, 0.1) is 36.7 Å². The second-order valence-electron chi connectivity index (χ2n) is 5.38. The summed E-state index contributed by atoms with van der Waals surface area (Å²) in [6.07, 6.45) is -1.13. The summed E-state index contributed by atoms with van der Waals surface area (Å²) >= 11 is 5.46. The number of likely N-dealkylation sites (N-methyl/N-ethyl adjacent to an activating group) is 1. The van der Waals surface area contributed by atoms with E-state index in [1.54, 1.807) is 22.6 Å². The van der Waals surface area contributed by atoms with Crippen molar-refractivity contribution >= 4 is 91.2 Å². The first-order valence-electron chi connectivity index (χ1n) is 7.33. The Bertz CT molecular complexity index is 758. The van der Waals surface area contributed by atoms with Crippen LogP contribution in [0.15, 0.2) is 0 Å². The SMILES string of the molecule is COCC(=O)Nc1c(I)c(C(=O)O)c(I)c(C(=O)N(C)CC(O)CO)c1I. The van der Waals surface area contributed by atoms with Crippen LogP contribution < -0.4 is 5.32 Å². The van der Waals surface area contributed by atoms with E-state index in [-0.39, 0.29) is 37.1 Å². The van der Waals surface area contributed by atoms with E-state index in [1.165, 1.54) is 19.1 Å². The lowest BCUT2D eigenvalue weighted by atomic mass is 10.1. The summed E-state index contributed by atoms with van der Waals surface area (Å²) in [6.45, 7) is -0.884. The van der Waals surface area contributed by atoms with Crippen LogP contribution in [-0.2, 0) is 9.53 Å². The third kappa shape index (κ3) is 6.09. The highest BCUT2D eigenvalue weighted by atomic mass is 127. The predicted octanol–water partition coefficient (Wildman–Crippen LogP) is 1.21. The van der Waals surface area contributed by atoms with Gasteiger partial charge in [0, 0.05) is 24.3 Å². The van der Waals surface area contributed by atoms with Crippen molar-refractivity contribution in [2.75, 3.05) is 39.2 Å². The zero-order chi connectivity index (χ0) is 20.9. The van der Waals surface area contributed by atoms with Gasteiger partial charge in [0.25, 0.3) is 5.91 Å². The summed E-state index contributed by atoms with van der Waals surface area (Å²) in [4.78, 5) is 37.7. The molecule has 9 nitrogen and oxygen atoms in total. The fourth-order valence-electron chi connectivity index (χ4n) is 2.10. The fourth-order valence-corrected chi connectivity index (χ4v) is 6.46. The van der Waals surface area contributed by atoms with Crippen LogP contribution in [0.1, 0.15) is 20.7 Å². The van der Waals surface area contributed by atoms with E-state index in [4.69, 9.17) is 9.84 Å². The number of carboxylic acid groups (broad SMARTS) is 1. The molecule has 0 heterocycles. The lowest BCUT2D eigenvalue weighted by Gasteiger charge is -2.23. The Labute approximate surface area is 196 Å². The van der Waals surface area contributed by atoms with E-state index in [9.17, 15) is 24.6 Å². The molecule has 0 radical (unpaired) electrons. The Morgan fingerprint density at radius 1 is 1.15 bits per heavy atom. The Morgan fingerprint density at radius 3 is 2.19 bits per heavy atom. The molecule has 4 N–H and O–H groups in total. The number of nitrogens with zero attached hydrogens (tertiary/aromatic N) is 1. The van der Waals surface area contributed by atoms with Crippen LogP contribution in [0, 0.1) is 10.7 Å². The molecule has 0 aliphatic carbocycles. The summed E-state index contributed by atoms with van der Waals surface area (Å²) in [5.41, 5.74) is 0.189. The molecule has 1 atom stereocenters. The van der Waals surface area contributed by atoms with E-state index in [1.807, 2.05) is 45.2 Å². The fraction of sp³-hybridized carbons (Fsp3) is 0.400. The molecule has 1 rings (SSSR count). The quantitative estimate of drug-likeness (QED) is 0.297. The largest absolute Gasteiger partial charge is 0.478 e. The number of anilines is 1. The number of carbonyl (C=O) groups excluding carboxylic acids is 2. The number of methoxy groups -OCH3 is 1. The average molecular weight is 718 g/mol. The van der Waals surface area contributed by atoms with Crippen molar-refractivity contribution < 1.29 is 34.4 Å². The van der Waals surface area contributed by atoms with Crippen molar-refractivity contribution in [2.45, 2.75) is 6.10 Å². The zero-order valence-corrected chi connectivity index (χ0v) is 20.7. The lowest BCUT2D eigenvalue weighted by molar-refractivity contribution is -0.119. The van der Waals surface area contributed by atoms with E-state index in [0.717, 1.165) is 0 Å². The first-order chi connectivity index (χ1) is 12.6. The molecule has 1 aromatic rings. The molecule has 27 heavy (non-hydrogen) atoms. The minimum absolute atomic E-state index is 0.0920. The Balaban J connectivity index is 3.54. The van der Waals surface area contributed by atoms with Gasteiger partial charge in [0.15, 0.2) is 0 Å². The van der Waals surface area contributed by atoms with Crippen LogP contribution in [0.2, 0.25) is 0 Å². The molecule has 0 saturated carbocycles. The lowest BCUT2D eigenvalue weighted by Crippen LogP contribution is -2.37. The molecule has 0 aromatic heterocycles. The highest BCUT2D eigenvalue weighted by Crippen LogP contribution is 2.36. The molecule has 0 bridgehead atoms. The maximum absolute atomic E-state index is 12.9. The normalized spacial score (nSPS) is 11.8. The standard InChI is InChI=1S/C15H17I3N2O7/c1-20(3-6(22)4-21)14(24)8-10(16)9(15(25)26)12(18)13(11(8)17)19-7(23)5-27-2/h6,21-22H,3-5H2,1-2H3,(H,19,23)(H,25,26). The number of hydrogen-bond donors (Lipinski definition) is 4. The molecule has 12 heteroatoms. The first-order valence-corrected chi connectivity index (χ1v) is 10.6. The Hall–Kier alpha value is -0.300. The van der Waals surface area contributed by atoms with Gasteiger partial charge in [-0.1, -0.05) is 0 Å². The average Bonchev–Trinajstić information content (AvgIpc) is 2.58. The second kappa shape index (κ2) is 11.0. The topological polar surface area (TPSA) is 136 Å². The summed E-state index contributed by atoms with van der Waals surface area (Å²) in [5, 5.41) is 30.7. The van der Waals surface area contributed by atoms with Crippen LogP contribution in [0.25, 0.3) is 0 Å². The van der Waals surface area contributed by atoms with Gasteiger partial charge in [-0.2, -0.15) is 0 Å². The molecule has 0 saturated heterocycles. The van der Waals surface area contributed by atoms with Crippen LogP contribution in [-0.4, -0.2) is 78.0 Å². The van der Waals surface area contributed by atoms with Crippen molar-refractivity contribution in [3.63, 3.8) is 0 Å². The molecule has 0 spiro atoms. The van der Waals surface area contributed by atoms with E-state index in [0.29, 0.717) is 3.57 Å². The van der Waals surface area contributed by atoms with Gasteiger partial charge in [0.1, 0.15) is 6.61 Å². The van der Waals surface area contributed by atoms with Crippen molar-refractivity contribution in [3.8, 4) is 0 Å². The number of benzene rings is 1. The molecule has 0 aliphatic heterocycles. The molecule has 150 valence electrons. The minimum atomic E-state index is -1.24. The number of carboxylic acids is 1. The van der Waals surface area contributed by atoms with Gasteiger partial charge >= 0.3 is 5.97 Å². The van der Waals surface area contributed by atoms with Crippen molar-refractivity contribution in [1.82, 2.24) is 4.90 Å². The van der Waals surface area contributed by atoms with Crippen molar-refractivity contribution in [2.24, 2.45) is 0 Å². The number of amides is 2. The van der Waals surface area contributed by atoms with Crippen LogP contribution in [0.5, 0.6) is 0 Å². The first kappa shape index (κ1) is 24.7. The molecule has 0 aliphatic rings. The van der Waals surface area contributed by atoms with Crippen LogP contribution in [0.4, 0.5) is 5.69 Å². The molecule has 1 aromatic carbocycles. The van der Waals surface area contributed by atoms with Crippen molar-refractivity contribution in [1.29, 1.82) is 0 Å². The van der Waals surface area contributed by atoms with E-state index >= 15 is 0 Å². The molecular weight excluding hydrogens is 701 g/mol. The number of carbonyl (C=O) groups is 3. The number of hydrogen-bond acceptors (Lipinski definition) is 6. The molecule has 2 amide bonds. The molecule has 0 fully saturated rings. The van der Waals surface area contributed by atoms with Crippen LogP contribution in [0.3, 0.4) is 0 Å². The van der Waals surface area contributed by atoms with Gasteiger partial charge in [0.2, 0.25) is 5.91 Å². The predicted molar refractivity (Wildman–Crippen MR) is 122 cm³/mol. The maximum Gasteiger partial charge on any atom is 0.337 e. The minimum Gasteiger partial charge on any atom is -0.478 e. The monoisotopic (exact) mass is 718 g/mol. The number of aliphatic hydroxyl groups is 2. The number of ether oxygens (including phenoxy) is 1. The summed E-state index contributed by atoms with van der Waals surface area (Å²) < 4.78 is 5.64. The highest BCUT2D eigenvalue weighted by Gasteiger charge is 2.30. The number of nitrogens with one attached hydrogen (secondary N) is 1. The second-order valence-corrected chi connectivity index (χ2v) is 8.61. The third-order valence-electron chi connectivity index (χ3n) is 3.33. The Morgan fingerprint density at radius 2 is 1.70 bits per heavy atom. The number of halogens is 3. The maximum atomic E-state index is 12.9. The van der Waals surface area contributed by atoms with Crippen molar-refractivity contribution in [3.05, 3.63) is 21.8 Å². The van der Waals surface area contributed by atoms with Gasteiger partial charge < -0.3 is 30.3 Å². The molecule has 1 unspecified atom stereocenters. The molecular formula is C15H17I3N2O7. The zero-order valence-electron chi connectivity index (χ0n) is 14.3. The van der Waals surface area contributed by atoms with Gasteiger partial charge in [-0.3, -0.25) is 9.59 Å². The van der Waals surface area contributed by atoms with E-state index in [2.05, 4.69) is 5.32 Å². The summed E-state index contributed by atoms with van der Waals surface area (Å²) in [7, 11) is 2.78. The van der Waals surface area contributed by atoms with Gasteiger partial charge in [-0.25, -0.2) is 4.79 Å². The smallest absolute Gasteiger partial charge is 0.337 e. The summed E-state index contributed by atoms with van der Waals surface area (Å²) in [5.74, 6) is -2.28. The number of aliphatic hydroxyl groups excluding tert-OH is 2. The third-order valence-corrected chi connectivity index (χ3v) is 6.56. The van der Waals surface area contributed by atoms with Gasteiger partial charge in [-0.15, -0.1) is 0 Å². The number of aromatic carboxylic acids is 1. The summed E-state index contributed by atoms with van der Waals surface area (Å²) in [6, 6.07) is 0. The van der Waals surface area contributed by atoms with E-state index < -0.39 is 30.5 Å². The Kier molecular flexibility index (Phi) is 10.1.